The lowest BCUT2D eigenvalue weighted by atomic mass is 10.3. The second-order valence-electron chi connectivity index (χ2n) is 15.0. The third-order valence-corrected chi connectivity index (χ3v) is 22.8. The maximum absolute atomic E-state index is 7.24. The molecule has 9 nitrogen and oxygen atoms in total. The highest BCUT2D eigenvalue weighted by Gasteiger charge is 2.50. The summed E-state index contributed by atoms with van der Waals surface area (Å²) >= 11 is 0. The van der Waals surface area contributed by atoms with Gasteiger partial charge in [-0.2, -0.15) is 0 Å². The van der Waals surface area contributed by atoms with E-state index in [9.17, 15) is 0 Å². The van der Waals surface area contributed by atoms with E-state index in [2.05, 4.69) is 103 Å². The van der Waals surface area contributed by atoms with Crippen molar-refractivity contribution in [3.8, 4) is 34.5 Å². The third kappa shape index (κ3) is 9.88. The molecule has 1 atom stereocenters. The molecule has 0 saturated carbocycles. The molecule has 0 aliphatic carbocycles. The molecule has 1 aliphatic rings. The Morgan fingerprint density at radius 1 is 0.209 bits per heavy atom. The Kier molecular flexibility index (Phi) is 12.9. The van der Waals surface area contributed by atoms with Crippen LogP contribution in [-0.4, -0.2) is 0 Å². The predicted octanol–water partition coefficient (Wildman–Crippen LogP) is 14.9. The second-order valence-corrected chi connectivity index (χ2v) is 24.6. The lowest BCUT2D eigenvalue weighted by Gasteiger charge is -2.33. The number of para-hydroxylation sites is 5. The Hall–Kier alpha value is -7.10. The van der Waals surface area contributed by atoms with Gasteiger partial charge in [0, 0.05) is 0 Å². The van der Waals surface area contributed by atoms with Crippen LogP contribution in [0.3, 0.4) is 0 Å². The van der Waals surface area contributed by atoms with Crippen molar-refractivity contribution in [1.29, 1.82) is 0 Å². The first kappa shape index (κ1) is 43.8. The van der Waals surface area contributed by atoms with Crippen molar-refractivity contribution in [1.82, 2.24) is 0 Å². The molecule has 0 aromatic heterocycles. The molecule has 0 amide bonds. The maximum Gasteiger partial charge on any atom is 0.460 e. The SMILES string of the molecule is c1ccc(OP2(Oc3ccccc3)=NP(Oc3ccccc3)(Oc3ccccc3)=NP(Oc3ccccc3)(Oc3ccc([P+](c4ccccc4)(c4ccccc4)c4ccccc4)cc3)=N2)cc1. The van der Waals surface area contributed by atoms with Gasteiger partial charge in [0.1, 0.15) is 63.0 Å². The monoisotopic (exact) mass is 954 g/mol. The van der Waals surface area contributed by atoms with Gasteiger partial charge in [0.25, 0.3) is 0 Å². The fourth-order valence-corrected chi connectivity index (χ4v) is 20.9. The molecule has 9 aromatic rings. The zero-order chi connectivity index (χ0) is 45.3. The molecule has 0 N–H and O–H groups in total. The van der Waals surface area contributed by atoms with Gasteiger partial charge in [-0.1, -0.05) is 159 Å². The van der Waals surface area contributed by atoms with Crippen molar-refractivity contribution in [2.45, 2.75) is 0 Å². The number of rotatable bonds is 16. The zero-order valence-corrected chi connectivity index (χ0v) is 39.6. The summed E-state index contributed by atoms with van der Waals surface area (Å²) in [7, 11) is -14.6. The molecule has 13 heteroatoms. The largest absolute Gasteiger partial charge is 0.460 e. The Labute approximate surface area is 391 Å². The van der Waals surface area contributed by atoms with Crippen LogP contribution in [0.15, 0.2) is 280 Å². The van der Waals surface area contributed by atoms with Crippen LogP contribution < -0.4 is 48.4 Å². The minimum atomic E-state index is -4.09. The molecule has 0 radical (unpaired) electrons. The van der Waals surface area contributed by atoms with Gasteiger partial charge in [-0.05, 0) is 121 Å². The molecule has 330 valence electrons. The van der Waals surface area contributed by atoms with Gasteiger partial charge in [-0.25, -0.2) is 0 Å². The topological polar surface area (TPSA) is 92.5 Å². The Bertz CT molecular complexity index is 2920. The van der Waals surface area contributed by atoms with Gasteiger partial charge in [0.15, 0.2) is 0 Å². The summed E-state index contributed by atoms with van der Waals surface area (Å²) in [4.78, 5) is 0. The van der Waals surface area contributed by atoms with Crippen molar-refractivity contribution >= 4 is 51.5 Å². The van der Waals surface area contributed by atoms with Crippen LogP contribution in [0.25, 0.3) is 0 Å². The molecule has 1 heterocycles. The van der Waals surface area contributed by atoms with Gasteiger partial charge >= 0.3 is 23.0 Å². The summed E-state index contributed by atoms with van der Waals surface area (Å²) in [6.07, 6.45) is 0. The standard InChI is InChI=1S/C54H44N3O6P4/c1-9-25-45(26-10-1)58-65(59-46-27-11-2-12-28-46)55-66(60-47-29-13-3-14-30-47,61-48-31-15-4-16-32-48)57-67(56-65,62-49-33-17-5-18-34-49)63-50-41-43-54(44-42-50)64(51-35-19-6-20-36-51,52-37-21-7-22-38-52)53-39-23-8-24-40-53/h1-44H/q+1. The smallest absolute Gasteiger partial charge is 0.413 e. The van der Waals surface area contributed by atoms with E-state index in [-0.39, 0.29) is 0 Å². The van der Waals surface area contributed by atoms with E-state index < -0.39 is 30.2 Å². The van der Waals surface area contributed by atoms with Crippen molar-refractivity contribution in [3.05, 3.63) is 267 Å². The minimum absolute atomic E-state index is 0.435. The van der Waals surface area contributed by atoms with Gasteiger partial charge in [0.2, 0.25) is 0 Å². The van der Waals surface area contributed by atoms with Gasteiger partial charge in [0.05, 0.1) is 0 Å². The molecule has 0 fully saturated rings. The van der Waals surface area contributed by atoms with E-state index in [4.69, 9.17) is 40.7 Å². The van der Waals surface area contributed by atoms with Crippen molar-refractivity contribution < 1.29 is 27.1 Å². The average molecular weight is 955 g/mol. The normalized spacial score (nSPS) is 15.8. The summed E-state index contributed by atoms with van der Waals surface area (Å²) in [6, 6.07) is 86.8. The van der Waals surface area contributed by atoms with Crippen LogP contribution in [0.1, 0.15) is 0 Å². The van der Waals surface area contributed by atoms with Crippen LogP contribution in [0.2, 0.25) is 0 Å². The molecule has 9 aromatic carbocycles. The molecule has 67 heavy (non-hydrogen) atoms. The molecule has 10 rings (SSSR count). The fraction of sp³-hybridized carbons (Fsp3) is 0. The molecule has 0 saturated heterocycles. The first-order valence-electron chi connectivity index (χ1n) is 21.5. The highest BCUT2D eigenvalue weighted by Crippen LogP contribution is 2.78. The molecule has 1 unspecified atom stereocenters. The summed E-state index contributed by atoms with van der Waals surface area (Å²) in [5.41, 5.74) is 0. The first-order chi connectivity index (χ1) is 33.0. The van der Waals surface area contributed by atoms with E-state index in [1.165, 1.54) is 15.9 Å². The summed E-state index contributed by atoms with van der Waals surface area (Å²) in [6.45, 7) is 0. The average Bonchev–Trinajstić information content (AvgIpc) is 3.37. The fourth-order valence-electron chi connectivity index (χ4n) is 7.57. The molecular weight excluding hydrogens is 911 g/mol. The number of benzene rings is 9. The lowest BCUT2D eigenvalue weighted by molar-refractivity contribution is 0.443. The van der Waals surface area contributed by atoms with E-state index in [0.717, 1.165) is 5.30 Å². The van der Waals surface area contributed by atoms with Gasteiger partial charge < -0.3 is 27.1 Å². The van der Waals surface area contributed by atoms with Crippen molar-refractivity contribution in [3.63, 3.8) is 0 Å². The molecule has 1 aliphatic heterocycles. The van der Waals surface area contributed by atoms with E-state index >= 15 is 0 Å². The quantitative estimate of drug-likeness (QED) is 0.0896. The molecular formula is C54H44N3O6P4+. The predicted molar refractivity (Wildman–Crippen MR) is 275 cm³/mol. The van der Waals surface area contributed by atoms with Gasteiger partial charge in [-0.15, -0.1) is 0 Å². The summed E-state index contributed by atoms with van der Waals surface area (Å²) < 4.78 is 58.2. The van der Waals surface area contributed by atoms with Crippen LogP contribution in [0.4, 0.5) is 0 Å². The van der Waals surface area contributed by atoms with Crippen LogP contribution in [-0.2, 0) is 0 Å². The third-order valence-electron chi connectivity index (χ3n) is 10.4. The van der Waals surface area contributed by atoms with Crippen molar-refractivity contribution in [2.75, 3.05) is 0 Å². The Morgan fingerprint density at radius 2 is 0.388 bits per heavy atom. The zero-order valence-electron chi connectivity index (χ0n) is 36.0. The highest BCUT2D eigenvalue weighted by atomic mass is 31.3. The van der Waals surface area contributed by atoms with Crippen LogP contribution in [0.5, 0.6) is 34.5 Å². The second kappa shape index (κ2) is 19.8. The number of hydrogen-bond acceptors (Lipinski definition) is 9. The van der Waals surface area contributed by atoms with E-state index in [1.54, 1.807) is 0 Å². The highest BCUT2D eigenvalue weighted by molar-refractivity contribution is 8.01. The van der Waals surface area contributed by atoms with E-state index in [0.29, 0.717) is 34.5 Å². The van der Waals surface area contributed by atoms with Crippen LogP contribution in [0, 0.1) is 0 Å². The molecule has 0 spiro atoms. The van der Waals surface area contributed by atoms with Crippen LogP contribution >= 0.6 is 30.2 Å². The minimum Gasteiger partial charge on any atom is -0.413 e. The Balaban J connectivity index is 1.22. The summed E-state index contributed by atoms with van der Waals surface area (Å²) in [5.74, 6) is 2.67. The Morgan fingerprint density at radius 3 is 0.612 bits per heavy atom. The van der Waals surface area contributed by atoms with E-state index in [1.807, 2.05) is 164 Å². The number of nitrogens with zero attached hydrogens (tertiary/aromatic N) is 3. The van der Waals surface area contributed by atoms with Gasteiger partial charge in [-0.3, -0.25) is 0 Å². The maximum atomic E-state index is 7.24. The summed E-state index contributed by atoms with van der Waals surface area (Å²) in [5, 5.41) is 4.77. The molecule has 0 bridgehead atoms. The lowest BCUT2D eigenvalue weighted by Crippen LogP contribution is -2.38. The first-order valence-corrected chi connectivity index (χ1v) is 27.9. The van der Waals surface area contributed by atoms with Crippen molar-refractivity contribution in [2.24, 2.45) is 13.5 Å². The number of hydrogen-bond donors (Lipinski definition) is 0.